The van der Waals surface area contributed by atoms with Crippen LogP contribution in [0.1, 0.15) is 71.6 Å². The molecule has 2 rings (SSSR count). The summed E-state index contributed by atoms with van der Waals surface area (Å²) in [6.45, 7) is 8.28. The lowest BCUT2D eigenvalue weighted by Gasteiger charge is -2.30. The molecule has 1 saturated heterocycles. The van der Waals surface area contributed by atoms with Crippen molar-refractivity contribution in [3.8, 4) is 0 Å². The van der Waals surface area contributed by atoms with Crippen molar-refractivity contribution in [2.45, 2.75) is 77.7 Å². The van der Waals surface area contributed by atoms with Gasteiger partial charge in [-0.3, -0.25) is 0 Å². The van der Waals surface area contributed by atoms with Crippen LogP contribution in [-0.2, 0) is 0 Å². The van der Waals surface area contributed by atoms with Crippen molar-refractivity contribution < 1.29 is 0 Å². The van der Waals surface area contributed by atoms with Gasteiger partial charge in [-0.1, -0.05) is 26.7 Å². The lowest BCUT2D eigenvalue weighted by molar-refractivity contribution is 0.180. The molecule has 0 aromatic heterocycles. The van der Waals surface area contributed by atoms with Crippen molar-refractivity contribution >= 4 is 0 Å². The molecule has 2 heteroatoms. The maximum atomic E-state index is 5.76. The first-order valence-electron chi connectivity index (χ1n) is 9.16. The van der Waals surface area contributed by atoms with Crippen LogP contribution in [0.4, 0.5) is 0 Å². The van der Waals surface area contributed by atoms with Gasteiger partial charge >= 0.3 is 0 Å². The predicted octanol–water partition coefficient (Wildman–Crippen LogP) is 4.04. The topological polar surface area (TPSA) is 29.3 Å². The molecular formula is C18H36N2. The van der Waals surface area contributed by atoms with Gasteiger partial charge in [-0.2, -0.15) is 0 Å². The molecule has 0 aromatic rings. The lowest BCUT2D eigenvalue weighted by atomic mass is 9.88. The summed E-state index contributed by atoms with van der Waals surface area (Å²) in [5.74, 6) is 2.66. The molecule has 2 N–H and O–H groups in total. The molecule has 1 heterocycles. The molecular weight excluding hydrogens is 244 g/mol. The fraction of sp³-hybridized carbons (Fsp3) is 1.00. The summed E-state index contributed by atoms with van der Waals surface area (Å²) >= 11 is 0. The summed E-state index contributed by atoms with van der Waals surface area (Å²) in [5.41, 5.74) is 5.76. The third kappa shape index (κ3) is 4.46. The van der Waals surface area contributed by atoms with E-state index in [9.17, 15) is 0 Å². The Bertz CT molecular complexity index is 258. The number of hydrogen-bond acceptors (Lipinski definition) is 2. The van der Waals surface area contributed by atoms with E-state index in [4.69, 9.17) is 5.73 Å². The molecule has 0 radical (unpaired) electrons. The minimum atomic E-state index is 0.794. The minimum absolute atomic E-state index is 0.794. The largest absolute Gasteiger partial charge is 0.330 e. The lowest BCUT2D eigenvalue weighted by Crippen LogP contribution is -2.35. The maximum Gasteiger partial charge on any atom is 0.0124 e. The normalized spacial score (nSPS) is 26.7. The van der Waals surface area contributed by atoms with Gasteiger partial charge in [-0.15, -0.1) is 0 Å². The van der Waals surface area contributed by atoms with Gasteiger partial charge in [0.05, 0.1) is 0 Å². The molecule has 0 aromatic carbocycles. The Morgan fingerprint density at radius 2 is 1.80 bits per heavy atom. The predicted molar refractivity (Wildman–Crippen MR) is 87.8 cm³/mol. The first kappa shape index (κ1) is 16.3. The second-order valence-electron chi connectivity index (χ2n) is 7.51. The van der Waals surface area contributed by atoms with Crippen LogP contribution in [-0.4, -0.2) is 30.6 Å². The van der Waals surface area contributed by atoms with Crippen LogP contribution in [0.2, 0.25) is 0 Å². The second kappa shape index (κ2) is 8.38. The Hall–Kier alpha value is -0.0800. The third-order valence-corrected chi connectivity index (χ3v) is 5.86. The Labute approximate surface area is 126 Å². The zero-order valence-corrected chi connectivity index (χ0v) is 13.8. The average molecular weight is 280 g/mol. The van der Waals surface area contributed by atoms with Gasteiger partial charge in [-0.05, 0) is 82.3 Å². The number of nitrogens with zero attached hydrogens (tertiary/aromatic N) is 1. The number of hydrogen-bond donors (Lipinski definition) is 1. The van der Waals surface area contributed by atoms with Crippen LogP contribution < -0.4 is 5.73 Å². The van der Waals surface area contributed by atoms with Crippen molar-refractivity contribution in [1.82, 2.24) is 4.90 Å². The zero-order chi connectivity index (χ0) is 14.4. The molecule has 0 bridgehead atoms. The minimum Gasteiger partial charge on any atom is -0.330 e. The van der Waals surface area contributed by atoms with Gasteiger partial charge < -0.3 is 10.6 Å². The summed E-state index contributed by atoms with van der Waals surface area (Å²) in [6.07, 6.45) is 12.9. The highest BCUT2D eigenvalue weighted by molar-refractivity contribution is 4.87. The van der Waals surface area contributed by atoms with Crippen LogP contribution >= 0.6 is 0 Å². The third-order valence-electron chi connectivity index (χ3n) is 5.86. The fourth-order valence-electron chi connectivity index (χ4n) is 4.59. The second-order valence-corrected chi connectivity index (χ2v) is 7.51. The van der Waals surface area contributed by atoms with E-state index >= 15 is 0 Å². The van der Waals surface area contributed by atoms with E-state index in [0.717, 1.165) is 30.3 Å². The van der Waals surface area contributed by atoms with Crippen molar-refractivity contribution in [1.29, 1.82) is 0 Å². The molecule has 2 unspecified atom stereocenters. The van der Waals surface area contributed by atoms with Gasteiger partial charge in [0.2, 0.25) is 0 Å². The van der Waals surface area contributed by atoms with E-state index < -0.39 is 0 Å². The molecule has 2 fully saturated rings. The van der Waals surface area contributed by atoms with E-state index in [2.05, 4.69) is 18.7 Å². The van der Waals surface area contributed by atoms with Crippen LogP contribution in [0.3, 0.4) is 0 Å². The SMILES string of the molecule is CC(C)C(CCN)CCCN1CCCC1C1CCCC1. The summed E-state index contributed by atoms with van der Waals surface area (Å²) in [5, 5.41) is 0. The molecule has 1 aliphatic carbocycles. The van der Waals surface area contributed by atoms with Crippen LogP contribution in [0, 0.1) is 17.8 Å². The van der Waals surface area contributed by atoms with Crippen LogP contribution in [0.25, 0.3) is 0 Å². The number of likely N-dealkylation sites (tertiary alicyclic amines) is 1. The van der Waals surface area contributed by atoms with Crippen LogP contribution in [0.15, 0.2) is 0 Å². The van der Waals surface area contributed by atoms with E-state index in [-0.39, 0.29) is 0 Å². The van der Waals surface area contributed by atoms with E-state index in [1.165, 1.54) is 70.9 Å². The smallest absolute Gasteiger partial charge is 0.0124 e. The first-order valence-corrected chi connectivity index (χ1v) is 9.16. The highest BCUT2D eigenvalue weighted by Gasteiger charge is 2.32. The molecule has 2 nitrogen and oxygen atoms in total. The first-order chi connectivity index (χ1) is 9.72. The van der Waals surface area contributed by atoms with E-state index in [1.54, 1.807) is 0 Å². The summed E-state index contributed by atoms with van der Waals surface area (Å²) in [4.78, 5) is 2.83. The number of rotatable bonds is 8. The van der Waals surface area contributed by atoms with Gasteiger partial charge in [-0.25, -0.2) is 0 Å². The molecule has 2 atom stereocenters. The number of nitrogens with two attached hydrogens (primary N) is 1. The van der Waals surface area contributed by atoms with Gasteiger partial charge in [0.25, 0.3) is 0 Å². The zero-order valence-electron chi connectivity index (χ0n) is 13.8. The van der Waals surface area contributed by atoms with E-state index in [0.29, 0.717) is 0 Å². The summed E-state index contributed by atoms with van der Waals surface area (Å²) in [7, 11) is 0. The summed E-state index contributed by atoms with van der Waals surface area (Å²) in [6, 6.07) is 0.935. The Kier molecular flexibility index (Phi) is 6.83. The molecule has 20 heavy (non-hydrogen) atoms. The van der Waals surface area contributed by atoms with E-state index in [1.807, 2.05) is 0 Å². The fourth-order valence-corrected chi connectivity index (χ4v) is 4.59. The summed E-state index contributed by atoms with van der Waals surface area (Å²) < 4.78 is 0. The molecule has 0 amide bonds. The Balaban J connectivity index is 1.72. The monoisotopic (exact) mass is 280 g/mol. The highest BCUT2D eigenvalue weighted by atomic mass is 15.2. The van der Waals surface area contributed by atoms with Gasteiger partial charge in [0.15, 0.2) is 0 Å². The van der Waals surface area contributed by atoms with Crippen molar-refractivity contribution in [2.75, 3.05) is 19.6 Å². The van der Waals surface area contributed by atoms with Crippen molar-refractivity contribution in [3.05, 3.63) is 0 Å². The Morgan fingerprint density at radius 1 is 1.05 bits per heavy atom. The van der Waals surface area contributed by atoms with Crippen molar-refractivity contribution in [2.24, 2.45) is 23.5 Å². The van der Waals surface area contributed by atoms with Gasteiger partial charge in [0, 0.05) is 6.04 Å². The van der Waals surface area contributed by atoms with Gasteiger partial charge in [0.1, 0.15) is 0 Å². The molecule has 118 valence electrons. The standard InChI is InChI=1S/C18H36N2/c1-15(2)16(11-12-19)9-5-13-20-14-6-10-18(20)17-7-3-4-8-17/h15-18H,3-14,19H2,1-2H3. The molecule has 1 aliphatic heterocycles. The van der Waals surface area contributed by atoms with Crippen molar-refractivity contribution in [3.63, 3.8) is 0 Å². The van der Waals surface area contributed by atoms with Crippen LogP contribution in [0.5, 0.6) is 0 Å². The quantitative estimate of drug-likeness (QED) is 0.727. The Morgan fingerprint density at radius 3 is 2.45 bits per heavy atom. The maximum absolute atomic E-state index is 5.76. The average Bonchev–Trinajstić information content (AvgIpc) is 3.07. The molecule has 0 spiro atoms. The molecule has 1 saturated carbocycles. The molecule has 2 aliphatic rings. The highest BCUT2D eigenvalue weighted by Crippen LogP contribution is 2.35.